The summed E-state index contributed by atoms with van der Waals surface area (Å²) in [5.41, 5.74) is 0.169. The lowest BCUT2D eigenvalue weighted by molar-refractivity contribution is -0.253. The van der Waals surface area contributed by atoms with E-state index in [1.54, 1.807) is 11.8 Å². The van der Waals surface area contributed by atoms with E-state index in [9.17, 15) is 27.2 Å². The maximum atomic E-state index is 12.8. The van der Waals surface area contributed by atoms with Crippen LogP contribution in [0.15, 0.2) is 24.3 Å². The van der Waals surface area contributed by atoms with E-state index in [-0.39, 0.29) is 17.5 Å². The van der Waals surface area contributed by atoms with Gasteiger partial charge in [-0.05, 0) is 24.3 Å². The second-order valence-electron chi connectivity index (χ2n) is 5.31. The number of benzene rings is 1. The number of alkyl halides is 4. The lowest BCUT2D eigenvalue weighted by Crippen LogP contribution is -2.60. The van der Waals surface area contributed by atoms with Gasteiger partial charge in [0.2, 0.25) is 5.91 Å². The number of nitrogens with one attached hydrogen (secondary N) is 1. The van der Waals surface area contributed by atoms with Gasteiger partial charge in [0.05, 0.1) is 6.04 Å². The zero-order valence-electron chi connectivity index (χ0n) is 12.8. The highest BCUT2D eigenvalue weighted by Gasteiger charge is 2.44. The molecule has 5 nitrogen and oxygen atoms in total. The fourth-order valence-corrected chi connectivity index (χ4v) is 2.14. The number of carbonyl (C=O) groups is 2. The van der Waals surface area contributed by atoms with Crippen molar-refractivity contribution in [2.45, 2.75) is 31.9 Å². The molecule has 2 amide bonds. The van der Waals surface area contributed by atoms with Crippen LogP contribution in [0, 0.1) is 0 Å². The average Bonchev–Trinajstić information content (AvgIpc) is 2.49. The summed E-state index contributed by atoms with van der Waals surface area (Å²) in [7, 11) is 0. The number of hydrogen-bond donors (Lipinski definition) is 1. The van der Waals surface area contributed by atoms with E-state index in [1.165, 1.54) is 12.1 Å². The van der Waals surface area contributed by atoms with Gasteiger partial charge < -0.3 is 15.0 Å². The molecule has 1 aromatic rings. The van der Waals surface area contributed by atoms with Gasteiger partial charge in [-0.25, -0.2) is 0 Å². The normalized spacial score (nSPS) is 15.2. The summed E-state index contributed by atoms with van der Waals surface area (Å²) in [5.74, 6) is -0.919. The van der Waals surface area contributed by atoms with Gasteiger partial charge in [0, 0.05) is 25.1 Å². The van der Waals surface area contributed by atoms with Crippen LogP contribution in [0.25, 0.3) is 0 Å². The first kappa shape index (κ1) is 18.0. The first-order chi connectivity index (χ1) is 11.2. The molecule has 1 fully saturated rings. The Kier molecular flexibility index (Phi) is 5.30. The van der Waals surface area contributed by atoms with E-state index in [0.717, 1.165) is 12.1 Å². The molecule has 1 heterocycles. The Morgan fingerprint density at radius 2 is 1.88 bits per heavy atom. The smallest absolute Gasteiger partial charge is 0.428 e. The van der Waals surface area contributed by atoms with E-state index < -0.39 is 24.2 Å². The molecule has 0 unspecified atom stereocenters. The number of likely N-dealkylation sites (tertiary alicyclic amines) is 1. The fraction of sp³-hybridized carbons (Fsp3) is 0.467. The Balaban J connectivity index is 1.87. The number of rotatable bonds is 6. The maximum absolute atomic E-state index is 12.8. The van der Waals surface area contributed by atoms with Gasteiger partial charge in [-0.15, -0.1) is 0 Å². The van der Waals surface area contributed by atoms with Gasteiger partial charge in [0.1, 0.15) is 5.75 Å². The third-order valence-corrected chi connectivity index (χ3v) is 3.50. The zero-order valence-corrected chi connectivity index (χ0v) is 12.8. The van der Waals surface area contributed by atoms with Crippen LogP contribution in [0.3, 0.4) is 0 Å². The number of nitrogens with zero attached hydrogens (tertiary/aromatic N) is 1. The van der Waals surface area contributed by atoms with E-state index in [4.69, 9.17) is 0 Å². The van der Waals surface area contributed by atoms with Crippen molar-refractivity contribution in [2.24, 2.45) is 0 Å². The second kappa shape index (κ2) is 7.06. The van der Waals surface area contributed by atoms with Gasteiger partial charge in [-0.2, -0.15) is 17.6 Å². The molecule has 0 aromatic heterocycles. The molecule has 9 heteroatoms. The molecule has 132 valence electrons. The summed E-state index contributed by atoms with van der Waals surface area (Å²) in [6.07, 6.45) is -8.15. The molecule has 0 radical (unpaired) electrons. The van der Waals surface area contributed by atoms with Gasteiger partial charge in [0.15, 0.2) is 0 Å². The molecule has 1 saturated heterocycles. The molecule has 1 N–H and O–H groups in total. The molecule has 1 aliphatic rings. The van der Waals surface area contributed by atoms with Gasteiger partial charge in [0.25, 0.3) is 5.91 Å². The second-order valence-corrected chi connectivity index (χ2v) is 5.31. The van der Waals surface area contributed by atoms with Crippen molar-refractivity contribution in [1.82, 2.24) is 10.2 Å². The SMILES string of the molecule is CCC(=O)N1CC(NC(=O)c2ccc(OC(F)(F)C(F)F)cc2)C1. The molecule has 0 saturated carbocycles. The lowest BCUT2D eigenvalue weighted by Gasteiger charge is -2.39. The van der Waals surface area contributed by atoms with Crippen LogP contribution in [-0.2, 0) is 4.79 Å². The third-order valence-electron chi connectivity index (χ3n) is 3.50. The van der Waals surface area contributed by atoms with Gasteiger partial charge in [-0.1, -0.05) is 6.92 Å². The largest absolute Gasteiger partial charge is 0.461 e. The molecule has 24 heavy (non-hydrogen) atoms. The van der Waals surface area contributed by atoms with Gasteiger partial charge in [-0.3, -0.25) is 9.59 Å². The number of hydrogen-bond acceptors (Lipinski definition) is 3. The van der Waals surface area contributed by atoms with Crippen LogP contribution in [-0.4, -0.2) is 48.4 Å². The predicted molar refractivity (Wildman–Crippen MR) is 76.1 cm³/mol. The van der Waals surface area contributed by atoms with Crippen LogP contribution in [0.1, 0.15) is 23.7 Å². The molecule has 0 atom stereocenters. The van der Waals surface area contributed by atoms with Crippen molar-refractivity contribution in [3.05, 3.63) is 29.8 Å². The first-order valence-corrected chi connectivity index (χ1v) is 7.26. The minimum Gasteiger partial charge on any atom is -0.428 e. The molecule has 0 bridgehead atoms. The number of halogens is 4. The van der Waals surface area contributed by atoms with E-state index in [2.05, 4.69) is 10.1 Å². The molecular weight excluding hydrogens is 332 g/mol. The van der Waals surface area contributed by atoms with Crippen molar-refractivity contribution < 1.29 is 31.9 Å². The monoisotopic (exact) mass is 348 g/mol. The molecule has 1 aliphatic heterocycles. The predicted octanol–water partition coefficient (Wildman–Crippen LogP) is 2.27. The molecular formula is C15H16F4N2O3. The van der Waals surface area contributed by atoms with Crippen LogP contribution >= 0.6 is 0 Å². The number of carbonyl (C=O) groups excluding carboxylic acids is 2. The van der Waals surface area contributed by atoms with Crippen molar-refractivity contribution in [3.8, 4) is 5.75 Å². The van der Waals surface area contributed by atoms with Crippen LogP contribution in [0.2, 0.25) is 0 Å². The van der Waals surface area contributed by atoms with Crippen molar-refractivity contribution in [1.29, 1.82) is 0 Å². The highest BCUT2D eigenvalue weighted by molar-refractivity contribution is 5.94. The summed E-state index contributed by atoms with van der Waals surface area (Å²) in [5, 5.41) is 2.69. The van der Waals surface area contributed by atoms with Crippen molar-refractivity contribution in [3.63, 3.8) is 0 Å². The van der Waals surface area contributed by atoms with E-state index >= 15 is 0 Å². The molecule has 0 spiro atoms. The van der Waals surface area contributed by atoms with Crippen LogP contribution in [0.5, 0.6) is 5.75 Å². The Hall–Kier alpha value is -2.32. The maximum Gasteiger partial charge on any atom is 0.461 e. The van der Waals surface area contributed by atoms with Crippen LogP contribution < -0.4 is 10.1 Å². The zero-order chi connectivity index (χ0) is 17.9. The highest BCUT2D eigenvalue weighted by Crippen LogP contribution is 2.27. The minimum absolute atomic E-state index is 0.00181. The van der Waals surface area contributed by atoms with E-state index in [1.807, 2.05) is 0 Å². The number of ether oxygens (including phenoxy) is 1. The molecule has 2 rings (SSSR count). The summed E-state index contributed by atoms with van der Waals surface area (Å²) < 4.78 is 53.5. The quantitative estimate of drug-likeness (QED) is 0.803. The Morgan fingerprint density at radius 1 is 1.29 bits per heavy atom. The fourth-order valence-electron chi connectivity index (χ4n) is 2.14. The Morgan fingerprint density at radius 3 is 2.38 bits per heavy atom. The minimum atomic E-state index is -4.59. The van der Waals surface area contributed by atoms with E-state index in [0.29, 0.717) is 19.5 Å². The Bertz CT molecular complexity index is 601. The lowest BCUT2D eigenvalue weighted by atomic mass is 10.1. The average molecular weight is 348 g/mol. The summed E-state index contributed by atoms with van der Waals surface area (Å²) in [4.78, 5) is 25.0. The van der Waals surface area contributed by atoms with Crippen molar-refractivity contribution >= 4 is 11.8 Å². The standard InChI is InChI=1S/C15H16F4N2O3/c1-2-12(22)21-7-10(8-21)20-13(23)9-3-5-11(6-4-9)24-15(18,19)14(16)17/h3-6,10,14H,2,7-8H2,1H3,(H,20,23). The summed E-state index contributed by atoms with van der Waals surface area (Å²) >= 11 is 0. The van der Waals surface area contributed by atoms with Crippen LogP contribution in [0.4, 0.5) is 17.6 Å². The summed E-state index contributed by atoms with van der Waals surface area (Å²) in [6, 6.07) is 4.24. The Labute approximate surface area is 135 Å². The molecule has 0 aliphatic carbocycles. The summed E-state index contributed by atoms with van der Waals surface area (Å²) in [6.45, 7) is 2.58. The number of amides is 2. The first-order valence-electron chi connectivity index (χ1n) is 7.26. The highest BCUT2D eigenvalue weighted by atomic mass is 19.3. The van der Waals surface area contributed by atoms with Crippen molar-refractivity contribution in [2.75, 3.05) is 13.1 Å². The topological polar surface area (TPSA) is 58.6 Å². The third kappa shape index (κ3) is 4.15. The van der Waals surface area contributed by atoms with Gasteiger partial charge >= 0.3 is 12.5 Å². The molecule has 1 aromatic carbocycles.